The van der Waals surface area contributed by atoms with Gasteiger partial charge in [-0.15, -0.1) is 0 Å². The van der Waals surface area contributed by atoms with Gasteiger partial charge in [0.25, 0.3) is 0 Å². The molecule has 0 spiro atoms. The maximum atomic E-state index is 12.1. The summed E-state index contributed by atoms with van der Waals surface area (Å²) < 4.78 is 9.17. The molecule has 0 aliphatic rings. The topological polar surface area (TPSA) is 147 Å². The lowest BCUT2D eigenvalue weighted by atomic mass is 10.2. The van der Waals surface area contributed by atoms with Gasteiger partial charge < -0.3 is 9.84 Å². The number of halogens is 1. The van der Waals surface area contributed by atoms with E-state index in [1.54, 1.807) is 35.1 Å². The lowest BCUT2D eigenvalue weighted by Crippen LogP contribution is -2.18. The number of hydrogen-bond acceptors (Lipinski definition) is 8. The summed E-state index contributed by atoms with van der Waals surface area (Å²) in [7, 11) is 0. The SMILES string of the molecule is O=C(Cn1cc([N+](=O)[O-])cn1)Nc1ccc(-c2noc(Cn3cc(I)cn3)n2)cc1. The Morgan fingerprint density at radius 3 is 2.60 bits per heavy atom. The first-order valence-electron chi connectivity index (χ1n) is 8.54. The second kappa shape index (κ2) is 8.40. The number of nitro groups is 1. The van der Waals surface area contributed by atoms with Gasteiger partial charge in [0.05, 0.1) is 14.7 Å². The number of benzene rings is 1. The molecule has 0 unspecified atom stereocenters. The van der Waals surface area contributed by atoms with Gasteiger partial charge >= 0.3 is 5.69 Å². The third kappa shape index (κ3) is 4.68. The third-order valence-electron chi connectivity index (χ3n) is 3.93. The fourth-order valence-electron chi connectivity index (χ4n) is 2.58. The Balaban J connectivity index is 1.36. The Morgan fingerprint density at radius 2 is 1.93 bits per heavy atom. The molecular weight excluding hydrogens is 507 g/mol. The highest BCUT2D eigenvalue weighted by Gasteiger charge is 2.13. The predicted octanol–water partition coefficient (Wildman–Crippen LogP) is 2.33. The molecule has 3 heterocycles. The highest BCUT2D eigenvalue weighted by atomic mass is 127. The van der Waals surface area contributed by atoms with E-state index in [0.717, 1.165) is 15.3 Å². The number of amides is 1. The largest absolute Gasteiger partial charge is 0.337 e. The molecule has 1 aromatic carbocycles. The molecule has 13 heteroatoms. The van der Waals surface area contributed by atoms with E-state index in [9.17, 15) is 14.9 Å². The number of aromatic nitrogens is 6. The minimum atomic E-state index is -0.570. The second-order valence-corrected chi connectivity index (χ2v) is 7.39. The Morgan fingerprint density at radius 1 is 1.17 bits per heavy atom. The third-order valence-corrected chi connectivity index (χ3v) is 4.49. The van der Waals surface area contributed by atoms with E-state index in [0.29, 0.717) is 23.9 Å². The van der Waals surface area contributed by atoms with Crippen molar-refractivity contribution in [3.05, 3.63) is 68.6 Å². The van der Waals surface area contributed by atoms with Crippen LogP contribution in [0.25, 0.3) is 11.4 Å². The predicted molar refractivity (Wildman–Crippen MR) is 111 cm³/mol. The summed E-state index contributed by atoms with van der Waals surface area (Å²) in [4.78, 5) is 26.6. The van der Waals surface area contributed by atoms with Crippen LogP contribution in [0.4, 0.5) is 11.4 Å². The maximum Gasteiger partial charge on any atom is 0.307 e. The van der Waals surface area contributed by atoms with Gasteiger partial charge in [-0.1, -0.05) is 5.16 Å². The van der Waals surface area contributed by atoms with Crippen LogP contribution in [0.1, 0.15) is 5.89 Å². The standard InChI is InChI=1S/C17H13IN8O4/c18-12-5-19-24(7-12)10-16-22-17(23-30-16)11-1-3-13(4-2-11)21-15(27)9-25-8-14(6-20-25)26(28)29/h1-8H,9-10H2,(H,21,27). The summed E-state index contributed by atoms with van der Waals surface area (Å²) in [6.45, 7) is 0.228. The average Bonchev–Trinajstić information content (AvgIpc) is 3.44. The van der Waals surface area contributed by atoms with Gasteiger partial charge in [-0.25, -0.2) is 0 Å². The van der Waals surface area contributed by atoms with Crippen molar-refractivity contribution >= 4 is 39.9 Å². The molecule has 0 saturated carbocycles. The summed E-state index contributed by atoms with van der Waals surface area (Å²) in [6.07, 6.45) is 5.89. The van der Waals surface area contributed by atoms with E-state index < -0.39 is 4.92 Å². The molecule has 0 saturated heterocycles. The van der Waals surface area contributed by atoms with Crippen LogP contribution in [0.15, 0.2) is 53.6 Å². The smallest absolute Gasteiger partial charge is 0.307 e. The van der Waals surface area contributed by atoms with Gasteiger partial charge in [0.15, 0.2) is 0 Å². The Bertz CT molecular complexity index is 1200. The first-order chi connectivity index (χ1) is 14.5. The highest BCUT2D eigenvalue weighted by molar-refractivity contribution is 14.1. The van der Waals surface area contributed by atoms with Crippen molar-refractivity contribution in [3.63, 3.8) is 0 Å². The van der Waals surface area contributed by atoms with Crippen LogP contribution < -0.4 is 5.32 Å². The lowest BCUT2D eigenvalue weighted by molar-refractivity contribution is -0.385. The number of rotatable bonds is 7. The van der Waals surface area contributed by atoms with Crippen molar-refractivity contribution in [1.82, 2.24) is 29.7 Å². The molecule has 0 aliphatic carbocycles. The van der Waals surface area contributed by atoms with Gasteiger partial charge in [0.1, 0.15) is 25.5 Å². The molecule has 152 valence electrons. The van der Waals surface area contributed by atoms with Crippen molar-refractivity contribution in [2.75, 3.05) is 5.32 Å². The second-order valence-electron chi connectivity index (χ2n) is 6.15. The molecule has 0 atom stereocenters. The molecule has 0 fully saturated rings. The number of carbonyl (C=O) groups excluding carboxylic acids is 1. The fraction of sp³-hybridized carbons (Fsp3) is 0.118. The molecule has 0 bridgehead atoms. The van der Waals surface area contributed by atoms with Crippen LogP contribution in [0, 0.1) is 13.7 Å². The van der Waals surface area contributed by atoms with E-state index in [1.807, 2.05) is 6.20 Å². The Labute approximate surface area is 182 Å². The molecule has 4 aromatic rings. The van der Waals surface area contributed by atoms with Gasteiger partial charge in [-0.3, -0.25) is 24.3 Å². The quantitative estimate of drug-likeness (QED) is 0.222. The molecule has 1 amide bonds. The highest BCUT2D eigenvalue weighted by Crippen LogP contribution is 2.19. The normalized spacial score (nSPS) is 10.8. The van der Waals surface area contributed by atoms with Crippen molar-refractivity contribution in [1.29, 1.82) is 0 Å². The van der Waals surface area contributed by atoms with Crippen LogP contribution in [0.2, 0.25) is 0 Å². The van der Waals surface area contributed by atoms with Crippen molar-refractivity contribution in [2.24, 2.45) is 0 Å². The number of carbonyl (C=O) groups is 1. The van der Waals surface area contributed by atoms with Crippen LogP contribution >= 0.6 is 22.6 Å². The van der Waals surface area contributed by atoms with Gasteiger partial charge in [0, 0.05) is 17.4 Å². The molecule has 12 nitrogen and oxygen atoms in total. The maximum absolute atomic E-state index is 12.1. The molecule has 0 radical (unpaired) electrons. The van der Waals surface area contributed by atoms with Crippen LogP contribution in [0.3, 0.4) is 0 Å². The average molecular weight is 520 g/mol. The Kier molecular flexibility index (Phi) is 5.51. The molecule has 4 rings (SSSR count). The van der Waals surface area contributed by atoms with Crippen LogP contribution in [-0.4, -0.2) is 40.5 Å². The number of nitrogens with zero attached hydrogens (tertiary/aromatic N) is 7. The zero-order valence-electron chi connectivity index (χ0n) is 15.2. The van der Waals surface area contributed by atoms with Gasteiger partial charge in [-0.2, -0.15) is 15.2 Å². The van der Waals surface area contributed by atoms with E-state index >= 15 is 0 Å². The zero-order chi connectivity index (χ0) is 21.1. The molecule has 0 aliphatic heterocycles. The molecule has 3 aromatic heterocycles. The summed E-state index contributed by atoms with van der Waals surface area (Å²) >= 11 is 2.17. The van der Waals surface area contributed by atoms with Gasteiger partial charge in [0.2, 0.25) is 17.6 Å². The number of nitrogens with one attached hydrogen (secondary N) is 1. The minimum absolute atomic E-state index is 0.143. The van der Waals surface area contributed by atoms with Crippen molar-refractivity contribution in [2.45, 2.75) is 13.1 Å². The van der Waals surface area contributed by atoms with E-state index in [2.05, 4.69) is 48.2 Å². The van der Waals surface area contributed by atoms with Crippen LogP contribution in [0.5, 0.6) is 0 Å². The summed E-state index contributed by atoms with van der Waals surface area (Å²) in [5.74, 6) is 0.486. The zero-order valence-corrected chi connectivity index (χ0v) is 17.3. The van der Waals surface area contributed by atoms with Gasteiger partial charge in [-0.05, 0) is 46.9 Å². The summed E-state index contributed by atoms with van der Waals surface area (Å²) in [6, 6.07) is 6.90. The van der Waals surface area contributed by atoms with E-state index in [4.69, 9.17) is 4.52 Å². The first kappa shape index (κ1) is 19.7. The Hall–Kier alpha value is -3.62. The minimum Gasteiger partial charge on any atom is -0.337 e. The van der Waals surface area contributed by atoms with Crippen molar-refractivity contribution in [3.8, 4) is 11.4 Å². The monoisotopic (exact) mass is 520 g/mol. The molecule has 1 N–H and O–H groups in total. The number of hydrogen-bond donors (Lipinski definition) is 1. The number of anilines is 1. The van der Waals surface area contributed by atoms with E-state index in [-0.39, 0.29) is 18.1 Å². The first-order valence-corrected chi connectivity index (χ1v) is 9.62. The fourth-order valence-corrected chi connectivity index (χ4v) is 3.03. The molecular formula is C17H13IN8O4. The van der Waals surface area contributed by atoms with E-state index in [1.165, 1.54) is 10.9 Å². The summed E-state index contributed by atoms with van der Waals surface area (Å²) in [5.41, 5.74) is 1.11. The van der Waals surface area contributed by atoms with Crippen LogP contribution in [-0.2, 0) is 17.9 Å². The lowest BCUT2D eigenvalue weighted by Gasteiger charge is -2.05. The molecule has 30 heavy (non-hydrogen) atoms. The summed E-state index contributed by atoms with van der Waals surface area (Å²) in [5, 5.41) is 25.3. The van der Waals surface area contributed by atoms with Crippen molar-refractivity contribution < 1.29 is 14.2 Å².